The molecule has 0 heterocycles. The van der Waals surface area contributed by atoms with Crippen LogP contribution in [0.15, 0.2) is 24.3 Å². The van der Waals surface area contributed by atoms with Crippen LogP contribution in [-0.2, 0) is 6.54 Å². The molecule has 1 rings (SSSR count). The summed E-state index contributed by atoms with van der Waals surface area (Å²) in [6, 6.07) is 8.67. The zero-order valence-corrected chi connectivity index (χ0v) is 14.2. The Kier molecular flexibility index (Phi) is 7.57. The van der Waals surface area contributed by atoms with Crippen LogP contribution in [0.5, 0.6) is 0 Å². The Hall–Kier alpha value is -0.570. The van der Waals surface area contributed by atoms with E-state index in [4.69, 9.17) is 11.6 Å². The van der Waals surface area contributed by atoms with Gasteiger partial charge in [0.1, 0.15) is 0 Å². The zero-order chi connectivity index (χ0) is 15.1. The van der Waals surface area contributed by atoms with Gasteiger partial charge in [-0.15, -0.1) is 0 Å². The smallest absolute Gasteiger partial charge is 0.0409 e. The van der Waals surface area contributed by atoms with Crippen LogP contribution in [0.3, 0.4) is 0 Å². The Balaban J connectivity index is 2.57. The van der Waals surface area contributed by atoms with E-state index in [9.17, 15) is 0 Å². The lowest BCUT2D eigenvalue weighted by molar-refractivity contribution is 0.178. The summed E-state index contributed by atoms with van der Waals surface area (Å²) in [4.78, 5) is 2.42. The van der Waals surface area contributed by atoms with E-state index >= 15 is 0 Å². The molecule has 1 aromatic carbocycles. The molecule has 114 valence electrons. The van der Waals surface area contributed by atoms with Gasteiger partial charge in [0.2, 0.25) is 0 Å². The van der Waals surface area contributed by atoms with Gasteiger partial charge in [0.25, 0.3) is 0 Å². The number of benzene rings is 1. The third-order valence-corrected chi connectivity index (χ3v) is 3.80. The van der Waals surface area contributed by atoms with Crippen molar-refractivity contribution < 1.29 is 0 Å². The van der Waals surface area contributed by atoms with Gasteiger partial charge in [-0.05, 0) is 43.1 Å². The number of hydrogen-bond acceptors (Lipinski definition) is 2. The molecule has 1 aromatic rings. The molecule has 1 atom stereocenters. The highest BCUT2D eigenvalue weighted by Gasteiger charge is 2.18. The SMILES string of the molecule is CC(C)CNCC(C(C)C)N(C)Cc1cccc(Cl)c1. The molecule has 0 aromatic heterocycles. The highest BCUT2D eigenvalue weighted by Crippen LogP contribution is 2.16. The van der Waals surface area contributed by atoms with Crippen LogP contribution in [0, 0.1) is 11.8 Å². The van der Waals surface area contributed by atoms with Crippen molar-refractivity contribution in [1.29, 1.82) is 0 Å². The molecular weight excluding hydrogens is 268 g/mol. The highest BCUT2D eigenvalue weighted by atomic mass is 35.5. The summed E-state index contributed by atoms with van der Waals surface area (Å²) in [6.45, 7) is 12.1. The standard InChI is InChI=1S/C17H29ClN2/c1-13(2)10-19-11-17(14(3)4)20(5)12-15-7-6-8-16(18)9-15/h6-9,13-14,17,19H,10-12H2,1-5H3. The lowest BCUT2D eigenvalue weighted by Crippen LogP contribution is -2.43. The number of likely N-dealkylation sites (N-methyl/N-ethyl adjacent to an activating group) is 1. The molecule has 0 aliphatic heterocycles. The van der Waals surface area contributed by atoms with Crippen molar-refractivity contribution in [3.63, 3.8) is 0 Å². The van der Waals surface area contributed by atoms with Crippen LogP contribution in [0.2, 0.25) is 5.02 Å². The number of nitrogens with one attached hydrogen (secondary N) is 1. The van der Waals surface area contributed by atoms with Crippen LogP contribution in [0.1, 0.15) is 33.3 Å². The van der Waals surface area contributed by atoms with E-state index in [1.54, 1.807) is 0 Å². The van der Waals surface area contributed by atoms with E-state index < -0.39 is 0 Å². The van der Waals surface area contributed by atoms with Crippen molar-refractivity contribution in [1.82, 2.24) is 10.2 Å². The fourth-order valence-electron chi connectivity index (χ4n) is 2.46. The van der Waals surface area contributed by atoms with Gasteiger partial charge in [-0.2, -0.15) is 0 Å². The minimum Gasteiger partial charge on any atom is -0.315 e. The topological polar surface area (TPSA) is 15.3 Å². The van der Waals surface area contributed by atoms with Crippen molar-refractivity contribution in [2.75, 3.05) is 20.1 Å². The number of halogens is 1. The van der Waals surface area contributed by atoms with E-state index in [0.29, 0.717) is 17.9 Å². The Bertz CT molecular complexity index is 390. The average molecular weight is 297 g/mol. The van der Waals surface area contributed by atoms with Gasteiger partial charge >= 0.3 is 0 Å². The van der Waals surface area contributed by atoms with Gasteiger partial charge in [-0.3, -0.25) is 4.90 Å². The maximum atomic E-state index is 6.06. The molecule has 3 heteroatoms. The first-order valence-corrected chi connectivity index (χ1v) is 7.93. The number of hydrogen-bond donors (Lipinski definition) is 1. The minimum atomic E-state index is 0.535. The summed E-state index contributed by atoms with van der Waals surface area (Å²) in [5, 5.41) is 4.39. The lowest BCUT2D eigenvalue weighted by Gasteiger charge is -2.32. The molecule has 2 nitrogen and oxygen atoms in total. The van der Waals surface area contributed by atoms with Gasteiger partial charge in [-0.25, -0.2) is 0 Å². The number of nitrogens with zero attached hydrogens (tertiary/aromatic N) is 1. The van der Waals surface area contributed by atoms with E-state index in [1.165, 1.54) is 5.56 Å². The fraction of sp³-hybridized carbons (Fsp3) is 0.647. The van der Waals surface area contributed by atoms with E-state index in [0.717, 1.165) is 24.7 Å². The lowest BCUT2D eigenvalue weighted by atomic mass is 10.0. The average Bonchev–Trinajstić information content (AvgIpc) is 2.33. The molecule has 0 bridgehead atoms. The van der Waals surface area contributed by atoms with Crippen molar-refractivity contribution in [2.24, 2.45) is 11.8 Å². The predicted octanol–water partition coefficient (Wildman–Crippen LogP) is 4.04. The quantitative estimate of drug-likeness (QED) is 0.779. The first kappa shape index (κ1) is 17.5. The molecule has 20 heavy (non-hydrogen) atoms. The van der Waals surface area contributed by atoms with Gasteiger partial charge in [0, 0.05) is 24.2 Å². The molecule has 0 spiro atoms. The molecule has 0 fully saturated rings. The van der Waals surface area contributed by atoms with Crippen LogP contribution in [0.25, 0.3) is 0 Å². The molecule has 0 saturated heterocycles. The van der Waals surface area contributed by atoms with Crippen LogP contribution >= 0.6 is 11.6 Å². The molecule has 0 aliphatic rings. The van der Waals surface area contributed by atoms with E-state index in [1.807, 2.05) is 12.1 Å². The molecule has 0 saturated carbocycles. The molecule has 0 radical (unpaired) electrons. The zero-order valence-electron chi connectivity index (χ0n) is 13.5. The van der Waals surface area contributed by atoms with Gasteiger partial charge in [0.05, 0.1) is 0 Å². The summed E-state index contributed by atoms with van der Waals surface area (Å²) in [5.41, 5.74) is 1.27. The largest absolute Gasteiger partial charge is 0.315 e. The van der Waals surface area contributed by atoms with Gasteiger partial charge < -0.3 is 5.32 Å². The third kappa shape index (κ3) is 6.25. The van der Waals surface area contributed by atoms with Gasteiger partial charge in [-0.1, -0.05) is 51.4 Å². The maximum absolute atomic E-state index is 6.06. The van der Waals surface area contributed by atoms with Crippen molar-refractivity contribution in [2.45, 2.75) is 40.3 Å². The summed E-state index contributed by atoms with van der Waals surface area (Å²) in [7, 11) is 2.20. The Morgan fingerprint density at radius 3 is 2.40 bits per heavy atom. The molecule has 1 N–H and O–H groups in total. The summed E-state index contributed by atoms with van der Waals surface area (Å²) >= 11 is 6.06. The first-order chi connectivity index (χ1) is 9.40. The maximum Gasteiger partial charge on any atom is 0.0409 e. The highest BCUT2D eigenvalue weighted by molar-refractivity contribution is 6.30. The van der Waals surface area contributed by atoms with Crippen LogP contribution in [0.4, 0.5) is 0 Å². The van der Waals surface area contributed by atoms with Crippen LogP contribution in [-0.4, -0.2) is 31.1 Å². The fourth-order valence-corrected chi connectivity index (χ4v) is 2.67. The Morgan fingerprint density at radius 2 is 1.85 bits per heavy atom. The van der Waals surface area contributed by atoms with E-state index in [2.05, 4.69) is 57.1 Å². The van der Waals surface area contributed by atoms with Crippen LogP contribution < -0.4 is 5.32 Å². The van der Waals surface area contributed by atoms with Crippen molar-refractivity contribution in [3.8, 4) is 0 Å². The molecule has 0 aliphatic carbocycles. The third-order valence-electron chi connectivity index (χ3n) is 3.56. The Labute approximate surface area is 129 Å². The Morgan fingerprint density at radius 1 is 1.15 bits per heavy atom. The van der Waals surface area contributed by atoms with Crippen molar-refractivity contribution >= 4 is 11.6 Å². The first-order valence-electron chi connectivity index (χ1n) is 7.55. The second-order valence-electron chi connectivity index (χ2n) is 6.41. The van der Waals surface area contributed by atoms with Gasteiger partial charge in [0.15, 0.2) is 0 Å². The van der Waals surface area contributed by atoms with E-state index in [-0.39, 0.29) is 0 Å². The minimum absolute atomic E-state index is 0.535. The predicted molar refractivity (Wildman–Crippen MR) is 89.3 cm³/mol. The molecule has 1 unspecified atom stereocenters. The normalized spacial score (nSPS) is 13.4. The summed E-state index contributed by atoms with van der Waals surface area (Å²) in [5.74, 6) is 1.32. The van der Waals surface area contributed by atoms with Crippen molar-refractivity contribution in [3.05, 3.63) is 34.9 Å². The number of rotatable bonds is 8. The summed E-state index contributed by atoms with van der Waals surface area (Å²) in [6.07, 6.45) is 0. The second-order valence-corrected chi connectivity index (χ2v) is 6.84. The molecule has 0 amide bonds. The second kappa shape index (κ2) is 8.66. The monoisotopic (exact) mass is 296 g/mol. The molecular formula is C17H29ClN2. The summed E-state index contributed by atoms with van der Waals surface area (Å²) < 4.78 is 0.